The summed E-state index contributed by atoms with van der Waals surface area (Å²) in [6.07, 6.45) is -4.53. The van der Waals surface area contributed by atoms with Crippen molar-refractivity contribution in [2.24, 2.45) is 5.73 Å². The second kappa shape index (κ2) is 5.92. The first-order chi connectivity index (χ1) is 9.07. The fourth-order valence-corrected chi connectivity index (χ4v) is 1.48. The van der Waals surface area contributed by atoms with Crippen LogP contribution >= 0.6 is 12.2 Å². The van der Waals surface area contributed by atoms with Crippen LogP contribution in [0.1, 0.15) is 25.1 Å². The van der Waals surface area contributed by atoms with Gasteiger partial charge < -0.3 is 15.8 Å². The molecule has 0 amide bonds. The van der Waals surface area contributed by atoms with Gasteiger partial charge in [0, 0.05) is 13.7 Å². The summed E-state index contributed by atoms with van der Waals surface area (Å²) in [5.74, 6) is -0.00236. The van der Waals surface area contributed by atoms with Crippen LogP contribution in [-0.4, -0.2) is 29.2 Å². The number of pyridine rings is 1. The highest BCUT2D eigenvalue weighted by Gasteiger charge is 2.33. The number of aromatic nitrogens is 1. The maximum Gasteiger partial charge on any atom is 0.433 e. The van der Waals surface area contributed by atoms with Gasteiger partial charge in [-0.3, -0.25) is 0 Å². The molecule has 0 saturated carbocycles. The Labute approximate surface area is 120 Å². The van der Waals surface area contributed by atoms with E-state index >= 15 is 0 Å². The standard InChI is InChI=1S/C12H16F3N3OS/c1-11(2,19-3)6-17-10-7(9(16)20)4-5-8(18-10)12(13,14)15/h4-5H,6H2,1-3H3,(H2,16,20)(H,17,18). The molecule has 8 heteroatoms. The number of rotatable bonds is 5. The molecule has 0 atom stereocenters. The average molecular weight is 307 g/mol. The van der Waals surface area contributed by atoms with E-state index in [-0.39, 0.29) is 22.9 Å². The topological polar surface area (TPSA) is 60.2 Å². The molecule has 0 fully saturated rings. The number of methoxy groups -OCH3 is 1. The molecule has 0 unspecified atom stereocenters. The Morgan fingerprint density at radius 2 is 2.00 bits per heavy atom. The van der Waals surface area contributed by atoms with E-state index in [9.17, 15) is 13.2 Å². The van der Waals surface area contributed by atoms with Gasteiger partial charge >= 0.3 is 6.18 Å². The molecule has 0 aliphatic carbocycles. The quantitative estimate of drug-likeness (QED) is 0.819. The van der Waals surface area contributed by atoms with Crippen molar-refractivity contribution in [2.75, 3.05) is 19.0 Å². The second-order valence-electron chi connectivity index (χ2n) is 4.77. The molecule has 0 aliphatic rings. The van der Waals surface area contributed by atoms with Crippen LogP contribution < -0.4 is 11.1 Å². The van der Waals surface area contributed by atoms with Crippen LogP contribution in [0.15, 0.2) is 12.1 Å². The molecule has 3 N–H and O–H groups in total. The van der Waals surface area contributed by atoms with Crippen LogP contribution in [0.25, 0.3) is 0 Å². The zero-order valence-electron chi connectivity index (χ0n) is 11.3. The molecule has 1 aromatic rings. The number of nitrogens with two attached hydrogens (primary N) is 1. The van der Waals surface area contributed by atoms with E-state index in [1.54, 1.807) is 13.8 Å². The van der Waals surface area contributed by atoms with Crippen molar-refractivity contribution in [2.45, 2.75) is 25.6 Å². The minimum absolute atomic E-state index is 0.00236. The summed E-state index contributed by atoms with van der Waals surface area (Å²) in [4.78, 5) is 3.52. The van der Waals surface area contributed by atoms with Crippen molar-refractivity contribution in [3.05, 3.63) is 23.4 Å². The molecular formula is C12H16F3N3OS. The molecule has 1 aromatic heterocycles. The molecule has 1 rings (SSSR count). The third-order valence-corrected chi connectivity index (χ3v) is 2.91. The fraction of sp³-hybridized carbons (Fsp3) is 0.500. The van der Waals surface area contributed by atoms with Crippen molar-refractivity contribution in [1.82, 2.24) is 4.98 Å². The molecule has 0 radical (unpaired) electrons. The zero-order valence-corrected chi connectivity index (χ0v) is 12.2. The van der Waals surface area contributed by atoms with E-state index in [1.807, 2.05) is 0 Å². The first kappa shape index (κ1) is 16.6. The lowest BCUT2D eigenvalue weighted by Crippen LogP contribution is -2.33. The molecule has 0 saturated heterocycles. The normalized spacial score (nSPS) is 12.3. The van der Waals surface area contributed by atoms with E-state index in [0.717, 1.165) is 6.07 Å². The van der Waals surface area contributed by atoms with E-state index in [4.69, 9.17) is 22.7 Å². The number of anilines is 1. The lowest BCUT2D eigenvalue weighted by atomic mass is 10.1. The summed E-state index contributed by atoms with van der Waals surface area (Å²) < 4.78 is 43.2. The number of hydrogen-bond donors (Lipinski definition) is 2. The van der Waals surface area contributed by atoms with Gasteiger partial charge in [-0.2, -0.15) is 13.2 Å². The minimum Gasteiger partial charge on any atom is -0.389 e. The van der Waals surface area contributed by atoms with Crippen molar-refractivity contribution < 1.29 is 17.9 Å². The third-order valence-electron chi connectivity index (χ3n) is 2.69. The number of hydrogen-bond acceptors (Lipinski definition) is 4. The Hall–Kier alpha value is -1.41. The Bertz CT molecular complexity index is 503. The van der Waals surface area contributed by atoms with E-state index in [1.165, 1.54) is 13.2 Å². The van der Waals surface area contributed by atoms with Gasteiger partial charge in [0.25, 0.3) is 0 Å². The fourth-order valence-electron chi connectivity index (χ4n) is 1.32. The molecule has 0 aliphatic heterocycles. The van der Waals surface area contributed by atoms with Crippen LogP contribution in [0.5, 0.6) is 0 Å². The molecule has 20 heavy (non-hydrogen) atoms. The van der Waals surface area contributed by atoms with Gasteiger partial charge in [0.2, 0.25) is 0 Å². The van der Waals surface area contributed by atoms with Gasteiger partial charge in [0.15, 0.2) is 0 Å². The monoisotopic (exact) mass is 307 g/mol. The summed E-state index contributed by atoms with van der Waals surface area (Å²) in [6.45, 7) is 3.83. The van der Waals surface area contributed by atoms with Gasteiger partial charge in [0.05, 0.1) is 11.2 Å². The Morgan fingerprint density at radius 1 is 1.40 bits per heavy atom. The van der Waals surface area contributed by atoms with Crippen LogP contribution in [0.2, 0.25) is 0 Å². The Morgan fingerprint density at radius 3 is 2.45 bits per heavy atom. The lowest BCUT2D eigenvalue weighted by Gasteiger charge is -2.24. The van der Waals surface area contributed by atoms with Crippen LogP contribution in [-0.2, 0) is 10.9 Å². The number of nitrogens with zero attached hydrogens (tertiary/aromatic N) is 1. The van der Waals surface area contributed by atoms with Crippen LogP contribution in [0.3, 0.4) is 0 Å². The van der Waals surface area contributed by atoms with Gasteiger partial charge in [-0.1, -0.05) is 12.2 Å². The molecular weight excluding hydrogens is 291 g/mol. The van der Waals surface area contributed by atoms with E-state index < -0.39 is 17.5 Å². The van der Waals surface area contributed by atoms with Crippen LogP contribution in [0.4, 0.5) is 19.0 Å². The van der Waals surface area contributed by atoms with Crippen molar-refractivity contribution in [3.8, 4) is 0 Å². The van der Waals surface area contributed by atoms with Crippen molar-refractivity contribution >= 4 is 23.0 Å². The number of alkyl halides is 3. The maximum atomic E-state index is 12.7. The smallest absolute Gasteiger partial charge is 0.389 e. The molecule has 4 nitrogen and oxygen atoms in total. The lowest BCUT2D eigenvalue weighted by molar-refractivity contribution is -0.141. The summed E-state index contributed by atoms with van der Waals surface area (Å²) in [5, 5.41) is 2.79. The van der Waals surface area contributed by atoms with E-state index in [0.29, 0.717) is 0 Å². The molecule has 0 aromatic carbocycles. The van der Waals surface area contributed by atoms with Gasteiger partial charge in [-0.15, -0.1) is 0 Å². The summed E-state index contributed by atoms with van der Waals surface area (Å²) in [7, 11) is 1.51. The van der Waals surface area contributed by atoms with Crippen molar-refractivity contribution in [3.63, 3.8) is 0 Å². The van der Waals surface area contributed by atoms with Gasteiger partial charge in [0.1, 0.15) is 16.5 Å². The SMILES string of the molecule is COC(C)(C)CNc1nc(C(F)(F)F)ccc1C(N)=S. The largest absolute Gasteiger partial charge is 0.433 e. The highest BCUT2D eigenvalue weighted by atomic mass is 32.1. The zero-order chi connectivity index (χ0) is 15.6. The predicted molar refractivity (Wildman–Crippen MR) is 74.7 cm³/mol. The summed E-state index contributed by atoms with van der Waals surface area (Å²) >= 11 is 4.81. The summed E-state index contributed by atoms with van der Waals surface area (Å²) in [5.41, 5.74) is 4.18. The minimum atomic E-state index is -4.53. The first-order valence-corrected chi connectivity index (χ1v) is 6.15. The molecule has 0 spiro atoms. The number of ether oxygens (including phenoxy) is 1. The molecule has 0 bridgehead atoms. The van der Waals surface area contributed by atoms with Crippen molar-refractivity contribution in [1.29, 1.82) is 0 Å². The summed E-state index contributed by atoms with van der Waals surface area (Å²) in [6, 6.07) is 2.06. The second-order valence-corrected chi connectivity index (χ2v) is 5.21. The predicted octanol–water partition coefficient (Wildman–Crippen LogP) is 2.57. The first-order valence-electron chi connectivity index (χ1n) is 5.74. The average Bonchev–Trinajstić information content (AvgIpc) is 2.35. The molecule has 1 heterocycles. The highest BCUT2D eigenvalue weighted by molar-refractivity contribution is 7.80. The maximum absolute atomic E-state index is 12.7. The Balaban J connectivity index is 3.10. The number of thiocarbonyl (C=S) groups is 1. The number of nitrogens with one attached hydrogen (secondary N) is 1. The van der Waals surface area contributed by atoms with Crippen LogP contribution in [0, 0.1) is 0 Å². The van der Waals surface area contributed by atoms with Gasteiger partial charge in [-0.25, -0.2) is 4.98 Å². The van der Waals surface area contributed by atoms with Gasteiger partial charge in [-0.05, 0) is 26.0 Å². The number of halogens is 3. The van der Waals surface area contributed by atoms with E-state index in [2.05, 4.69) is 10.3 Å². The Kier molecular flexibility index (Phi) is 4.93. The molecule has 112 valence electrons. The highest BCUT2D eigenvalue weighted by Crippen LogP contribution is 2.29. The third kappa shape index (κ3) is 4.31.